The van der Waals surface area contributed by atoms with Crippen LogP contribution >= 0.6 is 27.3 Å². The molecule has 0 atom stereocenters. The summed E-state index contributed by atoms with van der Waals surface area (Å²) in [6.07, 6.45) is 2.35. The van der Waals surface area contributed by atoms with E-state index in [2.05, 4.69) is 44.4 Å². The van der Waals surface area contributed by atoms with E-state index < -0.39 is 0 Å². The molecule has 2 nitrogen and oxygen atoms in total. The first-order chi connectivity index (χ1) is 8.72. The van der Waals surface area contributed by atoms with Gasteiger partial charge in [-0.2, -0.15) is 0 Å². The molecule has 18 heavy (non-hydrogen) atoms. The molecule has 1 aliphatic heterocycles. The number of thiophene rings is 1. The highest BCUT2D eigenvalue weighted by Gasteiger charge is 2.17. The van der Waals surface area contributed by atoms with Crippen LogP contribution in [0.5, 0.6) is 0 Å². The van der Waals surface area contributed by atoms with Crippen LogP contribution in [0.4, 0.5) is 11.4 Å². The summed E-state index contributed by atoms with van der Waals surface area (Å²) < 4.78 is 1.20. The molecule has 0 saturated heterocycles. The maximum absolute atomic E-state index is 5.86. The van der Waals surface area contributed by atoms with E-state index in [-0.39, 0.29) is 0 Å². The third-order valence-electron chi connectivity index (χ3n) is 3.31. The Hall–Kier alpha value is -1.00. The fourth-order valence-electron chi connectivity index (χ4n) is 2.51. The van der Waals surface area contributed by atoms with Gasteiger partial charge in [0.1, 0.15) is 0 Å². The minimum absolute atomic E-state index is 0.869. The van der Waals surface area contributed by atoms with Crippen molar-refractivity contribution < 1.29 is 0 Å². The zero-order valence-corrected chi connectivity index (χ0v) is 12.4. The number of benzene rings is 1. The van der Waals surface area contributed by atoms with Crippen LogP contribution in [-0.4, -0.2) is 6.54 Å². The van der Waals surface area contributed by atoms with E-state index in [0.29, 0.717) is 0 Å². The molecule has 0 aliphatic carbocycles. The van der Waals surface area contributed by atoms with Crippen molar-refractivity contribution in [1.82, 2.24) is 0 Å². The molecule has 4 heteroatoms. The van der Waals surface area contributed by atoms with Crippen molar-refractivity contribution in [2.75, 3.05) is 17.2 Å². The lowest BCUT2D eigenvalue weighted by Gasteiger charge is -2.31. The molecule has 2 heterocycles. The Bertz CT molecular complexity index is 565. The van der Waals surface area contributed by atoms with Gasteiger partial charge in [-0.15, -0.1) is 11.3 Å². The number of rotatable bonds is 2. The first kappa shape index (κ1) is 12.1. The molecule has 0 radical (unpaired) electrons. The Kier molecular flexibility index (Phi) is 3.31. The maximum Gasteiger partial charge on any atom is 0.0701 e. The van der Waals surface area contributed by atoms with E-state index in [9.17, 15) is 0 Å². The molecule has 94 valence electrons. The number of nitrogens with two attached hydrogens (primary N) is 1. The number of hydrogen-bond acceptors (Lipinski definition) is 3. The van der Waals surface area contributed by atoms with Crippen LogP contribution in [0, 0.1) is 0 Å². The van der Waals surface area contributed by atoms with Crippen molar-refractivity contribution in [3.05, 3.63) is 44.6 Å². The van der Waals surface area contributed by atoms with E-state index in [1.165, 1.54) is 27.0 Å². The second kappa shape index (κ2) is 4.94. The average molecular weight is 323 g/mol. The molecule has 0 unspecified atom stereocenters. The normalized spacial score (nSPS) is 14.6. The summed E-state index contributed by atoms with van der Waals surface area (Å²) in [5.41, 5.74) is 10.8. The van der Waals surface area contributed by atoms with Gasteiger partial charge in [-0.05, 0) is 69.5 Å². The highest BCUT2D eigenvalue weighted by molar-refractivity contribution is 9.11. The standard InChI is InChI=1S/C14H15BrN2S/c15-14-6-10(9-18-14)8-17-5-1-2-11-7-12(16)3-4-13(11)17/h3-4,6-7,9H,1-2,5,8,16H2. The number of anilines is 2. The molecule has 0 spiro atoms. The van der Waals surface area contributed by atoms with Crippen molar-refractivity contribution in [3.8, 4) is 0 Å². The fourth-order valence-corrected chi connectivity index (χ4v) is 3.71. The van der Waals surface area contributed by atoms with Crippen molar-refractivity contribution >= 4 is 38.6 Å². The van der Waals surface area contributed by atoms with Crippen LogP contribution in [0.25, 0.3) is 0 Å². The van der Waals surface area contributed by atoms with Gasteiger partial charge in [0.25, 0.3) is 0 Å². The number of fused-ring (bicyclic) bond motifs is 1. The van der Waals surface area contributed by atoms with Crippen molar-refractivity contribution in [2.45, 2.75) is 19.4 Å². The van der Waals surface area contributed by atoms with Crippen LogP contribution in [0.3, 0.4) is 0 Å². The van der Waals surface area contributed by atoms with E-state index in [4.69, 9.17) is 5.73 Å². The number of nitrogens with zero attached hydrogens (tertiary/aromatic N) is 1. The third-order valence-corrected chi connectivity index (χ3v) is 4.87. The minimum atomic E-state index is 0.869. The van der Waals surface area contributed by atoms with Gasteiger partial charge in [0.15, 0.2) is 0 Å². The van der Waals surface area contributed by atoms with Crippen molar-refractivity contribution in [3.63, 3.8) is 0 Å². The van der Waals surface area contributed by atoms with Gasteiger partial charge in [-0.3, -0.25) is 0 Å². The Balaban J connectivity index is 1.87. The summed E-state index contributed by atoms with van der Waals surface area (Å²) in [5.74, 6) is 0. The number of aryl methyl sites for hydroxylation is 1. The zero-order chi connectivity index (χ0) is 12.5. The monoisotopic (exact) mass is 322 g/mol. The molecule has 1 aromatic carbocycles. The van der Waals surface area contributed by atoms with Gasteiger partial charge in [-0.25, -0.2) is 0 Å². The van der Waals surface area contributed by atoms with Gasteiger partial charge in [0.2, 0.25) is 0 Å². The summed E-state index contributed by atoms with van der Waals surface area (Å²) in [7, 11) is 0. The molecular weight excluding hydrogens is 308 g/mol. The average Bonchev–Trinajstić information content (AvgIpc) is 2.75. The first-order valence-corrected chi connectivity index (χ1v) is 7.76. The van der Waals surface area contributed by atoms with Crippen LogP contribution in [0.2, 0.25) is 0 Å². The lowest BCUT2D eigenvalue weighted by atomic mass is 10.0. The molecule has 2 N–H and O–H groups in total. The predicted molar refractivity (Wildman–Crippen MR) is 82.2 cm³/mol. The molecular formula is C14H15BrN2S. The Morgan fingerprint density at radius 2 is 2.22 bits per heavy atom. The first-order valence-electron chi connectivity index (χ1n) is 6.08. The van der Waals surface area contributed by atoms with Crippen molar-refractivity contribution in [1.29, 1.82) is 0 Å². The van der Waals surface area contributed by atoms with Crippen LogP contribution < -0.4 is 10.6 Å². The molecule has 0 bridgehead atoms. The smallest absolute Gasteiger partial charge is 0.0701 e. The lowest BCUT2D eigenvalue weighted by Crippen LogP contribution is -2.28. The molecule has 0 saturated carbocycles. The van der Waals surface area contributed by atoms with Crippen LogP contribution in [0.1, 0.15) is 17.5 Å². The lowest BCUT2D eigenvalue weighted by molar-refractivity contribution is 0.692. The molecule has 0 fully saturated rings. The quantitative estimate of drug-likeness (QED) is 0.845. The largest absolute Gasteiger partial charge is 0.399 e. The van der Waals surface area contributed by atoms with Crippen molar-refractivity contribution in [2.24, 2.45) is 0 Å². The Morgan fingerprint density at radius 3 is 3.00 bits per heavy atom. The van der Waals surface area contributed by atoms with Crippen LogP contribution in [0.15, 0.2) is 33.4 Å². The molecule has 0 amide bonds. The zero-order valence-electron chi connectivity index (χ0n) is 10.0. The summed E-state index contributed by atoms with van der Waals surface area (Å²) >= 11 is 5.27. The highest BCUT2D eigenvalue weighted by atomic mass is 79.9. The number of nitrogen functional groups attached to an aromatic ring is 1. The number of halogens is 1. The summed E-state index contributed by atoms with van der Waals surface area (Å²) in [6.45, 7) is 2.11. The van der Waals surface area contributed by atoms with E-state index >= 15 is 0 Å². The second-order valence-electron chi connectivity index (χ2n) is 4.67. The second-order valence-corrected chi connectivity index (χ2v) is 6.96. The topological polar surface area (TPSA) is 29.3 Å². The van der Waals surface area contributed by atoms with Gasteiger partial charge >= 0.3 is 0 Å². The number of hydrogen-bond donors (Lipinski definition) is 1. The van der Waals surface area contributed by atoms with Gasteiger partial charge < -0.3 is 10.6 Å². The Labute approximate surface area is 120 Å². The molecule has 3 rings (SSSR count). The van der Waals surface area contributed by atoms with Crippen LogP contribution in [-0.2, 0) is 13.0 Å². The van der Waals surface area contributed by atoms with E-state index in [1.807, 2.05) is 6.07 Å². The van der Waals surface area contributed by atoms with Gasteiger partial charge in [0, 0.05) is 24.5 Å². The molecule has 1 aromatic heterocycles. The fraction of sp³-hybridized carbons (Fsp3) is 0.286. The SMILES string of the molecule is Nc1ccc2c(c1)CCCN2Cc1csc(Br)c1. The third kappa shape index (κ3) is 2.40. The summed E-state index contributed by atoms with van der Waals surface area (Å²) in [5, 5.41) is 2.22. The predicted octanol–water partition coefficient (Wildman–Crippen LogP) is 4.05. The highest BCUT2D eigenvalue weighted by Crippen LogP contribution is 2.31. The Morgan fingerprint density at radius 1 is 1.33 bits per heavy atom. The minimum Gasteiger partial charge on any atom is -0.399 e. The van der Waals surface area contributed by atoms with E-state index in [0.717, 1.165) is 25.2 Å². The molecule has 2 aromatic rings. The summed E-state index contributed by atoms with van der Waals surface area (Å²) in [6, 6.07) is 8.48. The van der Waals surface area contributed by atoms with E-state index in [1.54, 1.807) is 11.3 Å². The molecule has 1 aliphatic rings. The summed E-state index contributed by atoms with van der Waals surface area (Å²) in [4.78, 5) is 2.45. The maximum atomic E-state index is 5.86. The van der Waals surface area contributed by atoms with Gasteiger partial charge in [-0.1, -0.05) is 0 Å². The van der Waals surface area contributed by atoms with Gasteiger partial charge in [0.05, 0.1) is 3.79 Å².